The summed E-state index contributed by atoms with van der Waals surface area (Å²) in [7, 11) is 0. The van der Waals surface area contributed by atoms with Crippen molar-refractivity contribution >= 4 is 34.2 Å². The summed E-state index contributed by atoms with van der Waals surface area (Å²) in [6.45, 7) is 2.56. The molecule has 0 aliphatic heterocycles. The van der Waals surface area contributed by atoms with Crippen molar-refractivity contribution in [3.05, 3.63) is 57.7 Å². The number of carbonyl (C=O) groups is 1. The van der Waals surface area contributed by atoms with Gasteiger partial charge < -0.3 is 10.1 Å². The van der Waals surface area contributed by atoms with E-state index in [1.165, 1.54) is 0 Å². The first-order chi connectivity index (χ1) is 10.2. The van der Waals surface area contributed by atoms with Gasteiger partial charge in [0.25, 0.3) is 0 Å². The van der Waals surface area contributed by atoms with Gasteiger partial charge in [0.2, 0.25) is 5.91 Å². The summed E-state index contributed by atoms with van der Waals surface area (Å²) >= 11 is 2.21. The highest BCUT2D eigenvalue weighted by atomic mass is 127. The summed E-state index contributed by atoms with van der Waals surface area (Å²) in [5.41, 5.74) is 1.98. The molecule has 1 amide bonds. The van der Waals surface area contributed by atoms with Crippen LogP contribution >= 0.6 is 22.6 Å². The van der Waals surface area contributed by atoms with Crippen LogP contribution in [0.4, 0.5) is 5.69 Å². The molecule has 0 heterocycles. The zero-order valence-corrected chi connectivity index (χ0v) is 14.1. The minimum atomic E-state index is 0.0208. The Bertz CT molecular complexity index is 613. The largest absolute Gasteiger partial charge is 0.493 e. The van der Waals surface area contributed by atoms with Gasteiger partial charge in [-0.3, -0.25) is 4.79 Å². The summed E-state index contributed by atoms with van der Waals surface area (Å²) < 4.78 is 6.72. The van der Waals surface area contributed by atoms with E-state index in [1.807, 2.05) is 55.5 Å². The molecule has 110 valence electrons. The summed E-state index contributed by atoms with van der Waals surface area (Å²) in [4.78, 5) is 11.9. The number of halogens is 1. The van der Waals surface area contributed by atoms with Crippen molar-refractivity contribution in [1.82, 2.24) is 0 Å². The van der Waals surface area contributed by atoms with Crippen LogP contribution in [0.2, 0.25) is 0 Å². The molecule has 3 nitrogen and oxygen atoms in total. The van der Waals surface area contributed by atoms with Crippen molar-refractivity contribution in [3.8, 4) is 5.75 Å². The Hall–Kier alpha value is -1.56. The molecular weight excluding hydrogens is 377 g/mol. The fourth-order valence-corrected chi connectivity index (χ4v) is 2.43. The lowest BCUT2D eigenvalue weighted by Crippen LogP contribution is -2.13. The highest BCUT2D eigenvalue weighted by molar-refractivity contribution is 14.1. The van der Waals surface area contributed by atoms with Gasteiger partial charge in [-0.25, -0.2) is 0 Å². The van der Waals surface area contributed by atoms with Gasteiger partial charge in [0, 0.05) is 9.99 Å². The summed E-state index contributed by atoms with van der Waals surface area (Å²) in [5.74, 6) is 0.906. The number of anilines is 1. The zero-order chi connectivity index (χ0) is 15.1. The highest BCUT2D eigenvalue weighted by Crippen LogP contribution is 2.18. The highest BCUT2D eigenvalue weighted by Gasteiger charge is 2.05. The van der Waals surface area contributed by atoms with Crippen molar-refractivity contribution in [2.24, 2.45) is 0 Å². The third-order valence-corrected chi connectivity index (χ3v) is 3.99. The number of amides is 1. The first kappa shape index (κ1) is 15.8. The second kappa shape index (κ2) is 8.02. The predicted molar refractivity (Wildman–Crippen MR) is 93.7 cm³/mol. The van der Waals surface area contributed by atoms with Crippen LogP contribution < -0.4 is 10.1 Å². The van der Waals surface area contributed by atoms with E-state index in [2.05, 4.69) is 27.9 Å². The number of hydrogen-bond acceptors (Lipinski definition) is 2. The van der Waals surface area contributed by atoms with Gasteiger partial charge in [-0.15, -0.1) is 0 Å². The number of hydrogen-bond donors (Lipinski definition) is 1. The van der Waals surface area contributed by atoms with Crippen LogP contribution in [0.3, 0.4) is 0 Å². The Balaban J connectivity index is 1.73. The van der Waals surface area contributed by atoms with Gasteiger partial charge >= 0.3 is 0 Å². The third kappa shape index (κ3) is 5.04. The fourth-order valence-electron chi connectivity index (χ4n) is 1.91. The molecule has 0 saturated carbocycles. The molecule has 0 spiro atoms. The van der Waals surface area contributed by atoms with Gasteiger partial charge in [0.1, 0.15) is 5.75 Å². The first-order valence-electron chi connectivity index (χ1n) is 6.89. The van der Waals surface area contributed by atoms with Crippen LogP contribution in [-0.2, 0) is 4.79 Å². The van der Waals surface area contributed by atoms with E-state index in [1.54, 1.807) is 0 Å². The summed E-state index contributed by atoms with van der Waals surface area (Å²) in [6.07, 6.45) is 1.15. The zero-order valence-electron chi connectivity index (χ0n) is 11.9. The Kier molecular flexibility index (Phi) is 6.04. The Morgan fingerprint density at radius 1 is 1.14 bits per heavy atom. The number of ether oxygens (including phenoxy) is 1. The average Bonchev–Trinajstić information content (AvgIpc) is 2.48. The lowest BCUT2D eigenvalue weighted by Gasteiger charge is -2.09. The van der Waals surface area contributed by atoms with Crippen LogP contribution in [0, 0.1) is 10.5 Å². The molecule has 21 heavy (non-hydrogen) atoms. The molecule has 2 aromatic carbocycles. The van der Waals surface area contributed by atoms with Gasteiger partial charge in [-0.05, 0) is 59.7 Å². The van der Waals surface area contributed by atoms with Crippen molar-refractivity contribution in [3.63, 3.8) is 0 Å². The summed E-state index contributed by atoms with van der Waals surface area (Å²) in [5, 5.41) is 2.92. The standard InChI is InChI=1S/C17H18INO2/c1-13-7-2-5-10-16(13)21-12-6-11-17(20)19-15-9-4-3-8-14(15)18/h2-5,7-10H,6,11-12H2,1H3,(H,19,20). The second-order valence-corrected chi connectivity index (χ2v) is 5.91. The van der Waals surface area contributed by atoms with E-state index in [4.69, 9.17) is 4.74 Å². The minimum absolute atomic E-state index is 0.0208. The van der Waals surface area contributed by atoms with Crippen molar-refractivity contribution in [2.75, 3.05) is 11.9 Å². The lowest BCUT2D eigenvalue weighted by molar-refractivity contribution is -0.116. The molecule has 0 saturated heterocycles. The maximum atomic E-state index is 11.9. The van der Waals surface area contributed by atoms with E-state index < -0.39 is 0 Å². The van der Waals surface area contributed by atoms with E-state index in [0.29, 0.717) is 19.4 Å². The van der Waals surface area contributed by atoms with Gasteiger partial charge in [0.15, 0.2) is 0 Å². The summed E-state index contributed by atoms with van der Waals surface area (Å²) in [6, 6.07) is 15.6. The topological polar surface area (TPSA) is 38.3 Å². The number of para-hydroxylation sites is 2. The third-order valence-electron chi connectivity index (χ3n) is 3.05. The van der Waals surface area contributed by atoms with Crippen LogP contribution in [0.25, 0.3) is 0 Å². The van der Waals surface area contributed by atoms with E-state index in [0.717, 1.165) is 20.6 Å². The molecule has 0 aliphatic rings. The average molecular weight is 395 g/mol. The van der Waals surface area contributed by atoms with Gasteiger partial charge in [0.05, 0.1) is 12.3 Å². The normalized spacial score (nSPS) is 10.2. The number of nitrogens with one attached hydrogen (secondary N) is 1. The fraction of sp³-hybridized carbons (Fsp3) is 0.235. The van der Waals surface area contributed by atoms with E-state index in [9.17, 15) is 4.79 Å². The molecule has 2 aromatic rings. The minimum Gasteiger partial charge on any atom is -0.493 e. The smallest absolute Gasteiger partial charge is 0.224 e. The molecule has 0 radical (unpaired) electrons. The van der Waals surface area contributed by atoms with Crippen molar-refractivity contribution in [1.29, 1.82) is 0 Å². The Labute approximate surface area is 138 Å². The first-order valence-corrected chi connectivity index (χ1v) is 7.97. The second-order valence-electron chi connectivity index (χ2n) is 4.75. The molecule has 0 bridgehead atoms. The maximum Gasteiger partial charge on any atom is 0.224 e. The number of carbonyl (C=O) groups excluding carboxylic acids is 1. The maximum absolute atomic E-state index is 11.9. The Morgan fingerprint density at radius 3 is 2.62 bits per heavy atom. The molecule has 0 fully saturated rings. The van der Waals surface area contributed by atoms with Gasteiger partial charge in [-0.1, -0.05) is 30.3 Å². The molecule has 0 aromatic heterocycles. The predicted octanol–water partition coefficient (Wildman–Crippen LogP) is 4.40. The quantitative estimate of drug-likeness (QED) is 0.582. The Morgan fingerprint density at radius 2 is 1.86 bits per heavy atom. The molecule has 0 atom stereocenters. The number of rotatable bonds is 6. The van der Waals surface area contributed by atoms with Crippen LogP contribution in [0.5, 0.6) is 5.75 Å². The van der Waals surface area contributed by atoms with Crippen LogP contribution in [0.1, 0.15) is 18.4 Å². The lowest BCUT2D eigenvalue weighted by atomic mass is 10.2. The number of benzene rings is 2. The van der Waals surface area contributed by atoms with Crippen LogP contribution in [0.15, 0.2) is 48.5 Å². The van der Waals surface area contributed by atoms with Crippen molar-refractivity contribution in [2.45, 2.75) is 19.8 Å². The molecule has 4 heteroatoms. The SMILES string of the molecule is Cc1ccccc1OCCCC(=O)Nc1ccccc1I. The van der Waals surface area contributed by atoms with Crippen molar-refractivity contribution < 1.29 is 9.53 Å². The number of aryl methyl sites for hydroxylation is 1. The van der Waals surface area contributed by atoms with Crippen LogP contribution in [-0.4, -0.2) is 12.5 Å². The van der Waals surface area contributed by atoms with Gasteiger partial charge in [-0.2, -0.15) is 0 Å². The molecular formula is C17H18INO2. The van der Waals surface area contributed by atoms with E-state index >= 15 is 0 Å². The van der Waals surface area contributed by atoms with E-state index in [-0.39, 0.29) is 5.91 Å². The molecule has 2 rings (SSSR count). The monoisotopic (exact) mass is 395 g/mol. The molecule has 0 aliphatic carbocycles. The molecule has 1 N–H and O–H groups in total. The molecule has 0 unspecified atom stereocenters.